The fraction of sp³-hybridized carbons (Fsp3) is 1.00. The molecule has 2 atom stereocenters. The Kier molecular flexibility index (Phi) is 5.90. The molecule has 0 saturated carbocycles. The van der Waals surface area contributed by atoms with E-state index in [1.807, 2.05) is 11.8 Å². The molecule has 0 spiro atoms. The number of aliphatic hydroxyl groups is 1. The second kappa shape index (κ2) is 6.70. The van der Waals surface area contributed by atoms with E-state index in [0.717, 1.165) is 25.4 Å². The van der Waals surface area contributed by atoms with Crippen LogP contribution in [-0.2, 0) is 0 Å². The predicted molar refractivity (Wildman–Crippen MR) is 63.8 cm³/mol. The Morgan fingerprint density at radius 1 is 1.50 bits per heavy atom. The molecule has 1 rings (SSSR count). The number of aliphatic hydroxyl groups excluding tert-OH is 1. The molecule has 2 nitrogen and oxygen atoms in total. The molecule has 0 radical (unpaired) electrons. The molecule has 14 heavy (non-hydrogen) atoms. The lowest BCUT2D eigenvalue weighted by atomic mass is 10.1. The van der Waals surface area contributed by atoms with Gasteiger partial charge in [0.2, 0.25) is 0 Å². The minimum absolute atomic E-state index is 0.163. The molecule has 0 aromatic carbocycles. The number of hydrogen-bond acceptors (Lipinski definition) is 3. The topological polar surface area (TPSA) is 32.3 Å². The summed E-state index contributed by atoms with van der Waals surface area (Å²) in [5, 5.41) is 13.0. The van der Waals surface area contributed by atoms with Crippen molar-refractivity contribution in [2.24, 2.45) is 11.8 Å². The standard InChI is InChI=1S/C11H23NOS/c1-9(2)5-11(13)7-12-6-10-3-4-14-8-10/h9-13H,3-8H2,1-2H3. The summed E-state index contributed by atoms with van der Waals surface area (Å²) in [4.78, 5) is 0. The molecule has 1 aliphatic rings. The molecule has 1 fully saturated rings. The van der Waals surface area contributed by atoms with Crippen LogP contribution < -0.4 is 5.32 Å². The van der Waals surface area contributed by atoms with E-state index in [4.69, 9.17) is 0 Å². The molecule has 1 saturated heterocycles. The van der Waals surface area contributed by atoms with Gasteiger partial charge < -0.3 is 10.4 Å². The van der Waals surface area contributed by atoms with E-state index in [-0.39, 0.29) is 6.10 Å². The van der Waals surface area contributed by atoms with Gasteiger partial charge in [-0.1, -0.05) is 13.8 Å². The van der Waals surface area contributed by atoms with Crippen molar-refractivity contribution in [3.63, 3.8) is 0 Å². The van der Waals surface area contributed by atoms with Crippen LogP contribution in [0.4, 0.5) is 0 Å². The number of hydrogen-bond donors (Lipinski definition) is 2. The van der Waals surface area contributed by atoms with E-state index in [1.165, 1.54) is 17.9 Å². The van der Waals surface area contributed by atoms with Crippen LogP contribution in [-0.4, -0.2) is 35.8 Å². The van der Waals surface area contributed by atoms with Crippen molar-refractivity contribution >= 4 is 11.8 Å². The summed E-state index contributed by atoms with van der Waals surface area (Å²) in [6, 6.07) is 0. The third kappa shape index (κ3) is 5.23. The summed E-state index contributed by atoms with van der Waals surface area (Å²) in [6.07, 6.45) is 2.09. The van der Waals surface area contributed by atoms with E-state index in [9.17, 15) is 5.11 Å². The van der Waals surface area contributed by atoms with Gasteiger partial charge in [0.05, 0.1) is 6.10 Å². The zero-order chi connectivity index (χ0) is 10.4. The highest BCUT2D eigenvalue weighted by molar-refractivity contribution is 7.99. The molecular formula is C11H23NOS. The molecule has 1 heterocycles. The predicted octanol–water partition coefficient (Wildman–Crippen LogP) is 1.74. The summed E-state index contributed by atoms with van der Waals surface area (Å²) in [7, 11) is 0. The zero-order valence-electron chi connectivity index (χ0n) is 9.33. The summed E-state index contributed by atoms with van der Waals surface area (Å²) < 4.78 is 0. The highest BCUT2D eigenvalue weighted by atomic mass is 32.2. The smallest absolute Gasteiger partial charge is 0.0667 e. The van der Waals surface area contributed by atoms with Gasteiger partial charge in [0, 0.05) is 6.54 Å². The van der Waals surface area contributed by atoms with Crippen molar-refractivity contribution in [3.8, 4) is 0 Å². The first-order chi connectivity index (χ1) is 6.68. The average molecular weight is 217 g/mol. The average Bonchev–Trinajstić information content (AvgIpc) is 2.55. The first kappa shape index (κ1) is 12.3. The Labute approximate surface area is 91.9 Å². The van der Waals surface area contributed by atoms with Crippen LogP contribution in [0.15, 0.2) is 0 Å². The van der Waals surface area contributed by atoms with Gasteiger partial charge in [0.25, 0.3) is 0 Å². The molecule has 2 unspecified atom stereocenters. The SMILES string of the molecule is CC(C)CC(O)CNCC1CCSC1. The Morgan fingerprint density at radius 3 is 2.86 bits per heavy atom. The summed E-state index contributed by atoms with van der Waals surface area (Å²) in [5.74, 6) is 4.05. The van der Waals surface area contributed by atoms with Crippen LogP contribution >= 0.6 is 11.8 Å². The lowest BCUT2D eigenvalue weighted by Crippen LogP contribution is -2.31. The Hall–Kier alpha value is 0.270. The molecule has 2 N–H and O–H groups in total. The maximum absolute atomic E-state index is 9.63. The van der Waals surface area contributed by atoms with Gasteiger partial charge in [-0.25, -0.2) is 0 Å². The molecule has 0 aromatic heterocycles. The van der Waals surface area contributed by atoms with E-state index in [2.05, 4.69) is 19.2 Å². The van der Waals surface area contributed by atoms with Gasteiger partial charge in [-0.2, -0.15) is 11.8 Å². The van der Waals surface area contributed by atoms with Gasteiger partial charge in [0.1, 0.15) is 0 Å². The van der Waals surface area contributed by atoms with Gasteiger partial charge in [0.15, 0.2) is 0 Å². The second-order valence-electron chi connectivity index (χ2n) is 4.67. The normalized spacial score (nSPS) is 24.4. The minimum Gasteiger partial charge on any atom is -0.392 e. The summed E-state index contributed by atoms with van der Waals surface area (Å²) >= 11 is 2.05. The van der Waals surface area contributed by atoms with Gasteiger partial charge >= 0.3 is 0 Å². The molecule has 84 valence electrons. The van der Waals surface area contributed by atoms with E-state index in [0.29, 0.717) is 5.92 Å². The molecule has 0 aromatic rings. The number of thioether (sulfide) groups is 1. The fourth-order valence-corrected chi connectivity index (χ4v) is 3.11. The van der Waals surface area contributed by atoms with Crippen LogP contribution in [0, 0.1) is 11.8 Å². The molecule has 0 bridgehead atoms. The van der Waals surface area contributed by atoms with Gasteiger partial charge in [-0.15, -0.1) is 0 Å². The second-order valence-corrected chi connectivity index (χ2v) is 5.82. The third-order valence-electron chi connectivity index (χ3n) is 2.58. The quantitative estimate of drug-likeness (QED) is 0.711. The summed E-state index contributed by atoms with van der Waals surface area (Å²) in [5.41, 5.74) is 0. The van der Waals surface area contributed by atoms with E-state index >= 15 is 0 Å². The van der Waals surface area contributed by atoms with Crippen molar-refractivity contribution in [2.45, 2.75) is 32.8 Å². The van der Waals surface area contributed by atoms with Crippen LogP contribution in [0.5, 0.6) is 0 Å². The minimum atomic E-state index is -0.163. The fourth-order valence-electron chi connectivity index (χ4n) is 1.83. The number of rotatable bonds is 6. The molecule has 3 heteroatoms. The summed E-state index contributed by atoms with van der Waals surface area (Å²) in [6.45, 7) is 6.15. The maximum Gasteiger partial charge on any atom is 0.0667 e. The molecule has 0 amide bonds. The Balaban J connectivity index is 1.96. The molecule has 1 aliphatic heterocycles. The maximum atomic E-state index is 9.63. The van der Waals surface area contributed by atoms with Crippen LogP contribution in [0.25, 0.3) is 0 Å². The third-order valence-corrected chi connectivity index (χ3v) is 3.81. The van der Waals surface area contributed by atoms with Crippen molar-refractivity contribution in [3.05, 3.63) is 0 Å². The van der Waals surface area contributed by atoms with Crippen LogP contribution in [0.2, 0.25) is 0 Å². The van der Waals surface area contributed by atoms with Crippen molar-refractivity contribution in [1.29, 1.82) is 0 Å². The highest BCUT2D eigenvalue weighted by Crippen LogP contribution is 2.22. The largest absolute Gasteiger partial charge is 0.392 e. The van der Waals surface area contributed by atoms with Crippen molar-refractivity contribution < 1.29 is 5.11 Å². The Bertz CT molecular complexity index is 146. The molecule has 0 aliphatic carbocycles. The van der Waals surface area contributed by atoms with Crippen molar-refractivity contribution in [2.75, 3.05) is 24.6 Å². The highest BCUT2D eigenvalue weighted by Gasteiger charge is 2.15. The molecular weight excluding hydrogens is 194 g/mol. The first-order valence-corrected chi connectivity index (χ1v) is 6.80. The van der Waals surface area contributed by atoms with Crippen molar-refractivity contribution in [1.82, 2.24) is 5.32 Å². The number of nitrogens with one attached hydrogen (secondary N) is 1. The lowest BCUT2D eigenvalue weighted by molar-refractivity contribution is 0.145. The van der Waals surface area contributed by atoms with Crippen LogP contribution in [0.3, 0.4) is 0 Å². The van der Waals surface area contributed by atoms with Gasteiger partial charge in [-0.3, -0.25) is 0 Å². The monoisotopic (exact) mass is 217 g/mol. The van der Waals surface area contributed by atoms with E-state index < -0.39 is 0 Å². The first-order valence-electron chi connectivity index (χ1n) is 5.65. The van der Waals surface area contributed by atoms with Crippen LogP contribution in [0.1, 0.15) is 26.7 Å². The zero-order valence-corrected chi connectivity index (χ0v) is 10.1. The Morgan fingerprint density at radius 2 is 2.29 bits per heavy atom. The lowest BCUT2D eigenvalue weighted by Gasteiger charge is -2.15. The van der Waals surface area contributed by atoms with E-state index in [1.54, 1.807) is 0 Å². The van der Waals surface area contributed by atoms with Gasteiger partial charge in [-0.05, 0) is 42.7 Å².